The molecule has 1 heterocycles. The van der Waals surface area contributed by atoms with Crippen LogP contribution in [0.15, 0.2) is 16.9 Å². The first-order valence-corrected chi connectivity index (χ1v) is 3.40. The molecule has 0 spiro atoms. The van der Waals surface area contributed by atoms with Crippen LogP contribution in [0.4, 0.5) is 0 Å². The van der Waals surface area contributed by atoms with E-state index in [0.29, 0.717) is 0 Å². The molecule has 1 rings (SSSR count). The summed E-state index contributed by atoms with van der Waals surface area (Å²) < 4.78 is 1.61. The lowest BCUT2D eigenvalue weighted by Gasteiger charge is -2.10. The molecule has 0 atom stereocenters. The van der Waals surface area contributed by atoms with E-state index in [2.05, 4.69) is 0 Å². The lowest BCUT2D eigenvalue weighted by molar-refractivity contribution is 0.153. The fourth-order valence-corrected chi connectivity index (χ4v) is 1.14. The smallest absolute Gasteiger partial charge is 0.182 e. The Morgan fingerprint density at radius 1 is 1.27 bits per heavy atom. The largest absolute Gasteiger partial charge is 0.417 e. The standard InChI is InChI=1S/C8H11NO2/c1-6-4-8(10)5-7(2)9(6)11-3/h4-5H,1-3H3. The van der Waals surface area contributed by atoms with E-state index in [1.807, 2.05) is 13.8 Å². The zero-order valence-corrected chi connectivity index (χ0v) is 6.92. The Morgan fingerprint density at radius 3 is 2.09 bits per heavy atom. The summed E-state index contributed by atoms with van der Waals surface area (Å²) in [6, 6.07) is 3.08. The van der Waals surface area contributed by atoms with Crippen molar-refractivity contribution < 1.29 is 4.84 Å². The Kier molecular flexibility index (Phi) is 1.98. The van der Waals surface area contributed by atoms with Crippen molar-refractivity contribution in [2.24, 2.45) is 0 Å². The Bertz CT molecular complexity index is 288. The third kappa shape index (κ3) is 1.42. The average molecular weight is 153 g/mol. The molecule has 0 saturated carbocycles. The molecule has 3 heteroatoms. The summed E-state index contributed by atoms with van der Waals surface area (Å²) in [5.74, 6) is 0. The van der Waals surface area contributed by atoms with Gasteiger partial charge >= 0.3 is 0 Å². The molecule has 1 aromatic rings. The highest BCUT2D eigenvalue weighted by molar-refractivity contribution is 5.10. The normalized spacial score (nSPS) is 9.73. The highest BCUT2D eigenvalue weighted by Gasteiger charge is 1.98. The van der Waals surface area contributed by atoms with Gasteiger partial charge in [-0.15, -0.1) is 0 Å². The fraction of sp³-hybridized carbons (Fsp3) is 0.375. The van der Waals surface area contributed by atoms with Crippen molar-refractivity contribution in [1.82, 2.24) is 4.73 Å². The maximum absolute atomic E-state index is 10.9. The molecule has 60 valence electrons. The molecule has 1 aromatic heterocycles. The molecule has 0 unspecified atom stereocenters. The van der Waals surface area contributed by atoms with E-state index in [1.54, 1.807) is 11.8 Å². The first-order valence-electron chi connectivity index (χ1n) is 3.40. The van der Waals surface area contributed by atoms with Gasteiger partial charge in [0.15, 0.2) is 5.43 Å². The molecule has 0 bridgehead atoms. The minimum atomic E-state index is 0.0216. The van der Waals surface area contributed by atoms with E-state index in [-0.39, 0.29) is 5.43 Å². The van der Waals surface area contributed by atoms with Gasteiger partial charge in [-0.1, -0.05) is 0 Å². The Morgan fingerprint density at radius 2 is 1.73 bits per heavy atom. The summed E-state index contributed by atoms with van der Waals surface area (Å²) in [7, 11) is 1.57. The Balaban J connectivity index is 3.36. The first-order chi connectivity index (χ1) is 5.15. The Hall–Kier alpha value is -1.25. The number of rotatable bonds is 1. The highest BCUT2D eigenvalue weighted by atomic mass is 16.6. The maximum atomic E-state index is 10.9. The van der Waals surface area contributed by atoms with Crippen molar-refractivity contribution in [2.75, 3.05) is 7.11 Å². The van der Waals surface area contributed by atoms with Crippen LogP contribution in [0.25, 0.3) is 0 Å². The van der Waals surface area contributed by atoms with Crippen LogP contribution in [0.5, 0.6) is 0 Å². The second-order valence-electron chi connectivity index (χ2n) is 2.45. The van der Waals surface area contributed by atoms with Gasteiger partial charge < -0.3 is 4.84 Å². The molecule has 0 aliphatic rings. The molecule has 0 saturated heterocycles. The van der Waals surface area contributed by atoms with Crippen molar-refractivity contribution in [3.8, 4) is 0 Å². The molecule has 0 aliphatic carbocycles. The third-order valence-corrected chi connectivity index (χ3v) is 1.53. The van der Waals surface area contributed by atoms with Crippen LogP contribution in [0.3, 0.4) is 0 Å². The molecule has 0 aliphatic heterocycles. The number of aromatic nitrogens is 1. The minimum absolute atomic E-state index is 0.0216. The van der Waals surface area contributed by atoms with E-state index in [9.17, 15) is 4.79 Å². The van der Waals surface area contributed by atoms with Crippen LogP contribution in [0.2, 0.25) is 0 Å². The van der Waals surface area contributed by atoms with Crippen LogP contribution in [-0.4, -0.2) is 11.8 Å². The summed E-state index contributed by atoms with van der Waals surface area (Å²) in [5.41, 5.74) is 1.66. The van der Waals surface area contributed by atoms with Gasteiger partial charge in [-0.05, 0) is 13.8 Å². The molecule has 0 fully saturated rings. The van der Waals surface area contributed by atoms with Gasteiger partial charge in [0.05, 0.1) is 11.4 Å². The average Bonchev–Trinajstić information content (AvgIpc) is 1.85. The highest BCUT2D eigenvalue weighted by Crippen LogP contribution is 1.96. The third-order valence-electron chi connectivity index (χ3n) is 1.53. The molecule has 0 amide bonds. The summed E-state index contributed by atoms with van der Waals surface area (Å²) in [4.78, 5) is 15.9. The summed E-state index contributed by atoms with van der Waals surface area (Å²) in [6.07, 6.45) is 0. The van der Waals surface area contributed by atoms with Gasteiger partial charge in [-0.2, -0.15) is 4.73 Å². The number of hydrogen-bond acceptors (Lipinski definition) is 2. The fourth-order valence-electron chi connectivity index (χ4n) is 1.14. The molecule has 11 heavy (non-hydrogen) atoms. The van der Waals surface area contributed by atoms with Crippen LogP contribution in [0.1, 0.15) is 11.4 Å². The lowest BCUT2D eigenvalue weighted by atomic mass is 10.3. The van der Waals surface area contributed by atoms with Gasteiger partial charge in [0.25, 0.3) is 0 Å². The second kappa shape index (κ2) is 2.78. The monoisotopic (exact) mass is 153 g/mol. The van der Waals surface area contributed by atoms with Gasteiger partial charge in [0.2, 0.25) is 0 Å². The SMILES string of the molecule is COn1c(C)cc(=O)cc1C. The Labute approximate surface area is 65.2 Å². The molecule has 0 aromatic carbocycles. The zero-order chi connectivity index (χ0) is 8.43. The molecule has 3 nitrogen and oxygen atoms in total. The van der Waals surface area contributed by atoms with Crippen LogP contribution in [0, 0.1) is 13.8 Å². The second-order valence-corrected chi connectivity index (χ2v) is 2.45. The summed E-state index contributed by atoms with van der Waals surface area (Å²) in [6.45, 7) is 3.66. The zero-order valence-electron chi connectivity index (χ0n) is 6.92. The number of nitrogens with zero attached hydrogens (tertiary/aromatic N) is 1. The topological polar surface area (TPSA) is 31.2 Å². The summed E-state index contributed by atoms with van der Waals surface area (Å²) in [5, 5.41) is 0. The lowest BCUT2D eigenvalue weighted by Crippen LogP contribution is -2.17. The van der Waals surface area contributed by atoms with E-state index in [0.717, 1.165) is 11.4 Å². The van der Waals surface area contributed by atoms with Gasteiger partial charge in [-0.3, -0.25) is 4.79 Å². The number of aryl methyl sites for hydroxylation is 2. The molecular weight excluding hydrogens is 142 g/mol. The quantitative estimate of drug-likeness (QED) is 0.589. The van der Waals surface area contributed by atoms with Crippen molar-refractivity contribution in [3.63, 3.8) is 0 Å². The van der Waals surface area contributed by atoms with Crippen molar-refractivity contribution >= 4 is 0 Å². The van der Waals surface area contributed by atoms with Crippen LogP contribution >= 0.6 is 0 Å². The molecule has 0 N–H and O–H groups in total. The van der Waals surface area contributed by atoms with Gasteiger partial charge in [-0.25, -0.2) is 0 Å². The van der Waals surface area contributed by atoms with Crippen molar-refractivity contribution in [3.05, 3.63) is 33.7 Å². The summed E-state index contributed by atoms with van der Waals surface area (Å²) >= 11 is 0. The van der Waals surface area contributed by atoms with Crippen LogP contribution < -0.4 is 10.3 Å². The van der Waals surface area contributed by atoms with Gasteiger partial charge in [0.1, 0.15) is 7.11 Å². The van der Waals surface area contributed by atoms with Gasteiger partial charge in [0, 0.05) is 12.1 Å². The number of hydrogen-bond donors (Lipinski definition) is 0. The predicted octanol–water partition coefficient (Wildman–Crippen LogP) is 0.524. The van der Waals surface area contributed by atoms with Crippen molar-refractivity contribution in [1.29, 1.82) is 0 Å². The van der Waals surface area contributed by atoms with Crippen molar-refractivity contribution in [2.45, 2.75) is 13.8 Å². The van der Waals surface area contributed by atoms with E-state index in [4.69, 9.17) is 4.84 Å². The van der Waals surface area contributed by atoms with E-state index < -0.39 is 0 Å². The van der Waals surface area contributed by atoms with Crippen LogP contribution in [-0.2, 0) is 0 Å². The first kappa shape index (κ1) is 7.85. The minimum Gasteiger partial charge on any atom is -0.417 e. The molecular formula is C8H11NO2. The van der Waals surface area contributed by atoms with E-state index >= 15 is 0 Å². The number of pyridine rings is 1. The maximum Gasteiger partial charge on any atom is 0.182 e. The van der Waals surface area contributed by atoms with E-state index in [1.165, 1.54) is 12.1 Å². The predicted molar refractivity (Wildman–Crippen MR) is 42.7 cm³/mol. The molecule has 0 radical (unpaired) electrons.